The average molecular weight is 274 g/mol. The first-order chi connectivity index (χ1) is 8.58. The number of ether oxygens (including phenoxy) is 1. The van der Waals surface area contributed by atoms with Crippen LogP contribution in [0, 0.1) is 5.82 Å². The fraction of sp³-hybridized carbons (Fsp3) is 0.200. The lowest BCUT2D eigenvalue weighted by atomic mass is 10.1. The molecule has 0 aliphatic heterocycles. The molecule has 2 rings (SSSR count). The molecule has 0 spiro atoms. The predicted molar refractivity (Wildman–Crippen MR) is 60.8 cm³/mol. The van der Waals surface area contributed by atoms with Crippen LogP contribution in [0.1, 0.15) is 5.89 Å². The highest BCUT2D eigenvalue weighted by Gasteiger charge is 2.21. The molecule has 6 nitrogen and oxygen atoms in total. The minimum atomic E-state index is -0.858. The van der Waals surface area contributed by atoms with Gasteiger partial charge >= 0.3 is 0 Å². The monoisotopic (exact) mass is 273 g/mol. The van der Waals surface area contributed by atoms with Crippen LogP contribution in [0.25, 0.3) is 11.4 Å². The van der Waals surface area contributed by atoms with Gasteiger partial charge in [-0.1, -0.05) is 16.8 Å². The molecule has 0 radical (unpaired) electrons. The van der Waals surface area contributed by atoms with Crippen LogP contribution in [0.4, 0.5) is 4.39 Å². The number of rotatable bonds is 3. The summed E-state index contributed by atoms with van der Waals surface area (Å²) in [4.78, 5) is 3.91. The lowest BCUT2D eigenvalue weighted by Gasteiger charge is -2.08. The fourth-order valence-corrected chi connectivity index (χ4v) is 1.59. The smallest absolute Gasteiger partial charge is 0.240 e. The highest BCUT2D eigenvalue weighted by molar-refractivity contribution is 6.31. The average Bonchev–Trinajstić information content (AvgIpc) is 2.83. The van der Waals surface area contributed by atoms with Crippen molar-refractivity contribution >= 4 is 11.6 Å². The number of aromatic nitrogens is 2. The Morgan fingerprint density at radius 1 is 1.61 bits per heavy atom. The summed E-state index contributed by atoms with van der Waals surface area (Å²) in [5.41, 5.74) is 5.42. The molecule has 0 aliphatic carbocycles. The number of phenolic OH excluding ortho intramolecular Hbond substituents is 1. The summed E-state index contributed by atoms with van der Waals surface area (Å²) in [6.45, 7) is 0.0554. The molecule has 0 bridgehead atoms. The molecule has 0 aliphatic rings. The van der Waals surface area contributed by atoms with Crippen LogP contribution in [0.5, 0.6) is 11.5 Å². The zero-order chi connectivity index (χ0) is 13.3. The van der Waals surface area contributed by atoms with Crippen LogP contribution in [0.3, 0.4) is 0 Å². The van der Waals surface area contributed by atoms with Gasteiger partial charge in [-0.25, -0.2) is 4.39 Å². The van der Waals surface area contributed by atoms with Gasteiger partial charge in [-0.3, -0.25) is 0 Å². The first-order valence-electron chi connectivity index (χ1n) is 4.86. The first kappa shape index (κ1) is 12.6. The van der Waals surface area contributed by atoms with E-state index >= 15 is 0 Å². The molecule has 8 heteroatoms. The molecule has 1 aromatic heterocycles. The molecule has 3 N–H and O–H groups in total. The second-order valence-corrected chi connectivity index (χ2v) is 3.72. The van der Waals surface area contributed by atoms with Crippen LogP contribution in [-0.4, -0.2) is 22.4 Å². The largest absolute Gasteiger partial charge is 0.504 e. The molecule has 1 aromatic carbocycles. The fourth-order valence-electron chi connectivity index (χ4n) is 1.40. The van der Waals surface area contributed by atoms with Crippen molar-refractivity contribution in [3.63, 3.8) is 0 Å². The summed E-state index contributed by atoms with van der Waals surface area (Å²) in [5, 5.41) is 13.2. The molecule has 0 amide bonds. The number of aromatic hydroxyl groups is 1. The van der Waals surface area contributed by atoms with Crippen molar-refractivity contribution in [1.82, 2.24) is 10.1 Å². The van der Waals surface area contributed by atoms with Gasteiger partial charge < -0.3 is 20.1 Å². The van der Waals surface area contributed by atoms with E-state index in [0.29, 0.717) is 0 Å². The van der Waals surface area contributed by atoms with Crippen molar-refractivity contribution in [2.45, 2.75) is 6.54 Å². The summed E-state index contributed by atoms with van der Waals surface area (Å²) in [7, 11) is 1.21. The number of hydrogen-bond donors (Lipinski definition) is 2. The summed E-state index contributed by atoms with van der Waals surface area (Å²) < 4.78 is 23.1. The standard InChI is InChI=1S/C10H9ClFN3O3/c1-17-9-7(12)5(11)2-4(8(9)16)10-14-6(3-13)18-15-10/h2,16H,3,13H2,1H3. The van der Waals surface area contributed by atoms with Gasteiger partial charge in [0.2, 0.25) is 11.7 Å². The Bertz CT molecular complexity index is 588. The Morgan fingerprint density at radius 2 is 2.33 bits per heavy atom. The van der Waals surface area contributed by atoms with Crippen molar-refractivity contribution in [2.24, 2.45) is 5.73 Å². The number of nitrogens with zero attached hydrogens (tertiary/aromatic N) is 2. The van der Waals surface area contributed by atoms with E-state index in [9.17, 15) is 9.50 Å². The maximum Gasteiger partial charge on any atom is 0.240 e. The minimum Gasteiger partial charge on any atom is -0.504 e. The lowest BCUT2D eigenvalue weighted by Crippen LogP contribution is -1.96. The molecule has 0 saturated carbocycles. The van der Waals surface area contributed by atoms with Gasteiger partial charge in [0.25, 0.3) is 0 Å². The van der Waals surface area contributed by atoms with Crippen LogP contribution >= 0.6 is 11.6 Å². The van der Waals surface area contributed by atoms with Crippen molar-refractivity contribution < 1.29 is 18.8 Å². The van der Waals surface area contributed by atoms with Crippen LogP contribution < -0.4 is 10.5 Å². The zero-order valence-electron chi connectivity index (χ0n) is 9.28. The number of methoxy groups -OCH3 is 1. The lowest BCUT2D eigenvalue weighted by molar-refractivity contribution is 0.351. The Balaban J connectivity index is 2.60. The van der Waals surface area contributed by atoms with Crippen molar-refractivity contribution in [3.8, 4) is 22.9 Å². The molecular weight excluding hydrogens is 265 g/mol. The van der Waals surface area contributed by atoms with Gasteiger partial charge in [-0.2, -0.15) is 4.98 Å². The normalized spacial score (nSPS) is 10.7. The van der Waals surface area contributed by atoms with Crippen molar-refractivity contribution in [3.05, 3.63) is 22.8 Å². The summed E-state index contributed by atoms with van der Waals surface area (Å²) in [5.74, 6) is -1.46. The molecule has 18 heavy (non-hydrogen) atoms. The van der Waals surface area contributed by atoms with E-state index < -0.39 is 11.6 Å². The Morgan fingerprint density at radius 3 is 2.89 bits per heavy atom. The summed E-state index contributed by atoms with van der Waals surface area (Å²) >= 11 is 5.68. The van der Waals surface area contributed by atoms with E-state index in [4.69, 9.17) is 26.6 Å². The van der Waals surface area contributed by atoms with E-state index in [1.165, 1.54) is 13.2 Å². The number of halogens is 2. The predicted octanol–water partition coefficient (Wildman–Crippen LogP) is 1.70. The first-order valence-corrected chi connectivity index (χ1v) is 5.24. The molecule has 0 atom stereocenters. The maximum absolute atomic E-state index is 13.5. The Kier molecular flexibility index (Phi) is 3.35. The highest BCUT2D eigenvalue weighted by Crippen LogP contribution is 2.41. The number of nitrogens with two attached hydrogens (primary N) is 1. The van der Waals surface area contributed by atoms with Crippen molar-refractivity contribution in [1.29, 1.82) is 0 Å². The number of hydrogen-bond acceptors (Lipinski definition) is 6. The Labute approximate surface area is 106 Å². The molecular formula is C10H9ClFN3O3. The topological polar surface area (TPSA) is 94.4 Å². The molecule has 0 unspecified atom stereocenters. The summed E-state index contributed by atoms with van der Waals surface area (Å²) in [6, 6.07) is 1.18. The minimum absolute atomic E-state index is 0.0492. The van der Waals surface area contributed by atoms with E-state index in [2.05, 4.69) is 10.1 Å². The molecule has 0 saturated heterocycles. The zero-order valence-corrected chi connectivity index (χ0v) is 10.0. The van der Waals surface area contributed by atoms with Gasteiger partial charge in [-0.15, -0.1) is 0 Å². The molecule has 0 fully saturated rings. The van der Waals surface area contributed by atoms with E-state index in [1.807, 2.05) is 0 Å². The van der Waals surface area contributed by atoms with Crippen LogP contribution in [-0.2, 0) is 6.54 Å². The van der Waals surface area contributed by atoms with E-state index in [-0.39, 0.29) is 34.6 Å². The van der Waals surface area contributed by atoms with Gasteiger partial charge in [0.15, 0.2) is 17.3 Å². The van der Waals surface area contributed by atoms with Crippen LogP contribution in [0.15, 0.2) is 10.6 Å². The van der Waals surface area contributed by atoms with Gasteiger partial charge in [0, 0.05) is 0 Å². The maximum atomic E-state index is 13.5. The third kappa shape index (κ3) is 1.98. The third-order valence-corrected chi connectivity index (χ3v) is 2.51. The van der Waals surface area contributed by atoms with E-state index in [0.717, 1.165) is 0 Å². The molecule has 96 valence electrons. The Hall–Kier alpha value is -1.86. The van der Waals surface area contributed by atoms with Crippen molar-refractivity contribution in [2.75, 3.05) is 7.11 Å². The van der Waals surface area contributed by atoms with Gasteiger partial charge in [-0.05, 0) is 6.07 Å². The SMILES string of the molecule is COc1c(O)c(-c2noc(CN)n2)cc(Cl)c1F. The third-order valence-electron chi connectivity index (χ3n) is 2.24. The highest BCUT2D eigenvalue weighted by atomic mass is 35.5. The number of benzene rings is 1. The molecule has 2 aromatic rings. The number of phenols is 1. The van der Waals surface area contributed by atoms with Gasteiger partial charge in [0.1, 0.15) is 0 Å². The molecule has 1 heterocycles. The second-order valence-electron chi connectivity index (χ2n) is 3.32. The van der Waals surface area contributed by atoms with E-state index in [1.54, 1.807) is 0 Å². The van der Waals surface area contributed by atoms with Crippen LogP contribution in [0.2, 0.25) is 5.02 Å². The quantitative estimate of drug-likeness (QED) is 0.884. The summed E-state index contributed by atoms with van der Waals surface area (Å²) in [6.07, 6.45) is 0. The second kappa shape index (κ2) is 4.79. The van der Waals surface area contributed by atoms with Gasteiger partial charge in [0.05, 0.1) is 24.2 Å².